The van der Waals surface area contributed by atoms with Crippen LogP contribution in [0.15, 0.2) is 0 Å². The van der Waals surface area contributed by atoms with Gasteiger partial charge in [0.2, 0.25) is 0 Å². The van der Waals surface area contributed by atoms with Crippen LogP contribution in [-0.2, 0) is 4.74 Å². The van der Waals surface area contributed by atoms with Gasteiger partial charge in [-0.1, -0.05) is 13.8 Å². The minimum absolute atomic E-state index is 0.166. The largest absolute Gasteiger partial charge is 0.449 e. The molecule has 4 heteroatoms. The summed E-state index contributed by atoms with van der Waals surface area (Å²) in [7, 11) is 0. The summed E-state index contributed by atoms with van der Waals surface area (Å²) in [6.45, 7) is 12.3. The summed E-state index contributed by atoms with van der Waals surface area (Å²) >= 11 is 0. The zero-order valence-corrected chi connectivity index (χ0v) is 11.0. The van der Waals surface area contributed by atoms with Gasteiger partial charge in [-0.25, -0.2) is 4.79 Å². The minimum Gasteiger partial charge on any atom is -0.449 e. The number of nitrogens with zero attached hydrogens (tertiary/aromatic N) is 1. The van der Waals surface area contributed by atoms with Gasteiger partial charge in [-0.2, -0.15) is 0 Å². The highest BCUT2D eigenvalue weighted by atomic mass is 16.6. The predicted octanol–water partition coefficient (Wildman–Crippen LogP) is 1.85. The summed E-state index contributed by atoms with van der Waals surface area (Å²) in [5, 5.41) is 3.37. The summed E-state index contributed by atoms with van der Waals surface area (Å²) < 4.78 is 5.29. The Morgan fingerprint density at radius 2 is 2.19 bits per heavy atom. The Kier molecular flexibility index (Phi) is 4.19. The Labute approximate surface area is 98.3 Å². The number of hydrogen-bond acceptors (Lipinski definition) is 3. The van der Waals surface area contributed by atoms with Crippen LogP contribution < -0.4 is 5.32 Å². The first kappa shape index (κ1) is 13.3. The van der Waals surface area contributed by atoms with Gasteiger partial charge in [0.1, 0.15) is 0 Å². The van der Waals surface area contributed by atoms with E-state index in [1.165, 1.54) is 0 Å². The summed E-state index contributed by atoms with van der Waals surface area (Å²) in [6, 6.07) is 0.333. The molecule has 1 saturated heterocycles. The zero-order chi connectivity index (χ0) is 12.3. The lowest BCUT2D eigenvalue weighted by Crippen LogP contribution is -2.63. The van der Waals surface area contributed by atoms with Crippen LogP contribution >= 0.6 is 0 Å². The second kappa shape index (κ2) is 5.04. The summed E-state index contributed by atoms with van der Waals surface area (Å²) in [4.78, 5) is 13.8. The van der Waals surface area contributed by atoms with Gasteiger partial charge < -0.3 is 15.0 Å². The number of amides is 1. The van der Waals surface area contributed by atoms with Crippen LogP contribution in [-0.4, -0.2) is 42.3 Å². The van der Waals surface area contributed by atoms with Gasteiger partial charge in [0.25, 0.3) is 0 Å². The molecular weight excluding hydrogens is 204 g/mol. The number of carbonyl (C=O) groups excluding carboxylic acids is 1. The van der Waals surface area contributed by atoms with Gasteiger partial charge in [0.15, 0.2) is 0 Å². The Bertz CT molecular complexity index is 251. The summed E-state index contributed by atoms with van der Waals surface area (Å²) in [6.07, 6.45) is -0.188. The van der Waals surface area contributed by atoms with Crippen molar-refractivity contribution in [3.63, 3.8) is 0 Å². The summed E-state index contributed by atoms with van der Waals surface area (Å²) in [5.41, 5.74) is -0.166. The first-order valence-corrected chi connectivity index (χ1v) is 6.00. The molecule has 94 valence electrons. The molecule has 0 aliphatic carbocycles. The molecule has 0 radical (unpaired) electrons. The van der Waals surface area contributed by atoms with Crippen LogP contribution in [0.4, 0.5) is 4.79 Å². The van der Waals surface area contributed by atoms with E-state index in [9.17, 15) is 4.79 Å². The fourth-order valence-corrected chi connectivity index (χ4v) is 1.74. The number of ether oxygens (including phenoxy) is 1. The molecule has 1 rings (SSSR count). The second-order valence-corrected chi connectivity index (χ2v) is 5.68. The van der Waals surface area contributed by atoms with Gasteiger partial charge in [-0.05, 0) is 26.7 Å². The standard InChI is InChI=1S/C12H24N2O2/c1-9(2)7-16-11(15)14-6-10(3)13-8-12(14,4)5/h9-10,13H,6-8H2,1-5H3. The van der Waals surface area contributed by atoms with Crippen molar-refractivity contribution in [2.75, 3.05) is 19.7 Å². The van der Waals surface area contributed by atoms with Crippen LogP contribution in [0.25, 0.3) is 0 Å². The Morgan fingerprint density at radius 3 is 2.75 bits per heavy atom. The third-order valence-corrected chi connectivity index (χ3v) is 2.83. The smallest absolute Gasteiger partial charge is 0.410 e. The maximum absolute atomic E-state index is 11.9. The molecule has 1 aliphatic heterocycles. The van der Waals surface area contributed by atoms with E-state index in [0.717, 1.165) is 6.54 Å². The Balaban J connectivity index is 2.57. The SMILES string of the molecule is CC(C)COC(=O)N1CC(C)NCC1(C)C. The molecule has 0 aromatic rings. The average Bonchev–Trinajstić information content (AvgIpc) is 2.18. The Morgan fingerprint density at radius 1 is 1.56 bits per heavy atom. The van der Waals surface area contributed by atoms with E-state index in [1.807, 2.05) is 18.7 Å². The molecule has 0 aromatic heterocycles. The molecule has 1 N–H and O–H groups in total. The molecule has 1 atom stereocenters. The average molecular weight is 228 g/mol. The van der Waals surface area contributed by atoms with E-state index < -0.39 is 0 Å². The first-order valence-electron chi connectivity index (χ1n) is 6.00. The van der Waals surface area contributed by atoms with Crippen molar-refractivity contribution >= 4 is 6.09 Å². The van der Waals surface area contributed by atoms with Crippen LogP contribution in [0.3, 0.4) is 0 Å². The van der Waals surface area contributed by atoms with E-state index >= 15 is 0 Å². The van der Waals surface area contributed by atoms with Crippen molar-refractivity contribution in [3.05, 3.63) is 0 Å². The number of rotatable bonds is 2. The molecule has 1 aliphatic rings. The van der Waals surface area contributed by atoms with E-state index in [-0.39, 0.29) is 11.6 Å². The highest BCUT2D eigenvalue weighted by Crippen LogP contribution is 2.19. The quantitative estimate of drug-likeness (QED) is 0.784. The highest BCUT2D eigenvalue weighted by Gasteiger charge is 2.36. The van der Waals surface area contributed by atoms with Gasteiger partial charge in [-0.15, -0.1) is 0 Å². The van der Waals surface area contributed by atoms with Gasteiger partial charge in [0, 0.05) is 19.1 Å². The number of nitrogens with one attached hydrogen (secondary N) is 1. The van der Waals surface area contributed by atoms with Crippen molar-refractivity contribution in [1.82, 2.24) is 10.2 Å². The number of hydrogen-bond donors (Lipinski definition) is 1. The van der Waals surface area contributed by atoms with Crippen molar-refractivity contribution in [2.45, 2.75) is 46.2 Å². The Hall–Kier alpha value is -0.770. The molecule has 1 unspecified atom stereocenters. The maximum atomic E-state index is 11.9. The molecule has 0 saturated carbocycles. The van der Waals surface area contributed by atoms with Gasteiger partial charge in [0.05, 0.1) is 12.1 Å². The fraction of sp³-hybridized carbons (Fsp3) is 0.917. The lowest BCUT2D eigenvalue weighted by atomic mass is 9.99. The minimum atomic E-state index is -0.188. The molecule has 0 spiro atoms. The van der Waals surface area contributed by atoms with Crippen molar-refractivity contribution in [1.29, 1.82) is 0 Å². The summed E-state index contributed by atoms with van der Waals surface area (Å²) in [5.74, 6) is 0.382. The first-order chi connectivity index (χ1) is 7.33. The topological polar surface area (TPSA) is 41.6 Å². The van der Waals surface area contributed by atoms with E-state index in [4.69, 9.17) is 4.74 Å². The van der Waals surface area contributed by atoms with Crippen molar-refractivity contribution in [2.24, 2.45) is 5.92 Å². The van der Waals surface area contributed by atoms with Gasteiger partial charge in [-0.3, -0.25) is 0 Å². The molecule has 4 nitrogen and oxygen atoms in total. The van der Waals surface area contributed by atoms with Gasteiger partial charge >= 0.3 is 6.09 Å². The van der Waals surface area contributed by atoms with E-state index in [0.29, 0.717) is 25.1 Å². The maximum Gasteiger partial charge on any atom is 0.410 e. The molecule has 0 bridgehead atoms. The van der Waals surface area contributed by atoms with Crippen LogP contribution in [0, 0.1) is 5.92 Å². The lowest BCUT2D eigenvalue weighted by molar-refractivity contribution is 0.0349. The van der Waals surface area contributed by atoms with Crippen LogP contribution in [0.1, 0.15) is 34.6 Å². The molecule has 16 heavy (non-hydrogen) atoms. The third kappa shape index (κ3) is 3.37. The monoisotopic (exact) mass is 228 g/mol. The molecule has 1 fully saturated rings. The zero-order valence-electron chi connectivity index (χ0n) is 11.0. The van der Waals surface area contributed by atoms with E-state index in [2.05, 4.69) is 26.1 Å². The fourth-order valence-electron chi connectivity index (χ4n) is 1.74. The number of piperazine rings is 1. The number of carbonyl (C=O) groups is 1. The molecule has 1 amide bonds. The van der Waals surface area contributed by atoms with Crippen LogP contribution in [0.2, 0.25) is 0 Å². The van der Waals surface area contributed by atoms with Crippen LogP contribution in [0.5, 0.6) is 0 Å². The molecular formula is C12H24N2O2. The third-order valence-electron chi connectivity index (χ3n) is 2.83. The molecule has 1 heterocycles. The predicted molar refractivity (Wildman–Crippen MR) is 64.4 cm³/mol. The lowest BCUT2D eigenvalue weighted by Gasteiger charge is -2.44. The van der Waals surface area contributed by atoms with Crippen molar-refractivity contribution < 1.29 is 9.53 Å². The van der Waals surface area contributed by atoms with Crippen molar-refractivity contribution in [3.8, 4) is 0 Å². The van der Waals surface area contributed by atoms with E-state index in [1.54, 1.807) is 0 Å². The second-order valence-electron chi connectivity index (χ2n) is 5.68. The molecule has 0 aromatic carbocycles. The highest BCUT2D eigenvalue weighted by molar-refractivity contribution is 5.69. The normalized spacial score (nSPS) is 24.6.